The second kappa shape index (κ2) is 10.2. The number of hydrogen-bond acceptors (Lipinski definition) is 5. The van der Waals surface area contributed by atoms with E-state index in [1.807, 2.05) is 62.4 Å². The molecule has 0 aliphatic rings. The zero-order valence-corrected chi connectivity index (χ0v) is 18.9. The van der Waals surface area contributed by atoms with E-state index >= 15 is 0 Å². The Labute approximate surface area is 188 Å². The molecule has 0 aliphatic carbocycles. The molecular weight excluding hydrogens is 408 g/mol. The first-order valence-corrected chi connectivity index (χ1v) is 10.5. The van der Waals surface area contributed by atoms with E-state index in [1.54, 1.807) is 38.5 Å². The number of rotatable bonds is 9. The largest absolute Gasteiger partial charge is 0.497 e. The fraction of sp³-hybridized carbons (Fsp3) is 0.231. The van der Waals surface area contributed by atoms with Gasteiger partial charge < -0.3 is 14.2 Å². The topological polar surface area (TPSA) is 44.8 Å². The summed E-state index contributed by atoms with van der Waals surface area (Å²) in [6.07, 6.45) is 0.0722. The zero-order valence-electron chi connectivity index (χ0n) is 18.1. The third kappa shape index (κ3) is 5.50. The van der Waals surface area contributed by atoms with Crippen LogP contribution in [-0.2, 0) is 0 Å². The Morgan fingerprint density at radius 2 is 1.16 bits per heavy atom. The monoisotopic (exact) mass is 434 g/mol. The van der Waals surface area contributed by atoms with Crippen molar-refractivity contribution in [3.63, 3.8) is 0 Å². The van der Waals surface area contributed by atoms with E-state index in [9.17, 15) is 4.79 Å². The maximum absolute atomic E-state index is 13.6. The zero-order chi connectivity index (χ0) is 22.4. The summed E-state index contributed by atoms with van der Waals surface area (Å²) >= 11 is 5.81. The Morgan fingerprint density at radius 3 is 1.61 bits per heavy atom. The van der Waals surface area contributed by atoms with Gasteiger partial charge in [-0.3, -0.25) is 4.79 Å². The Bertz CT molecular complexity index is 963. The lowest BCUT2D eigenvalue weighted by atomic mass is 9.85. The number of ketones is 1. The van der Waals surface area contributed by atoms with E-state index in [0.29, 0.717) is 16.2 Å². The summed E-state index contributed by atoms with van der Waals surface area (Å²) < 4.78 is 16.2. The van der Waals surface area contributed by atoms with Crippen LogP contribution < -0.4 is 14.2 Å². The smallest absolute Gasteiger partial charge is 0.175 e. The van der Waals surface area contributed by atoms with Crippen molar-refractivity contribution in [2.45, 2.75) is 25.9 Å². The van der Waals surface area contributed by atoms with Gasteiger partial charge in [-0.05, 0) is 73.5 Å². The third-order valence-corrected chi connectivity index (χ3v) is 5.33. The van der Waals surface area contributed by atoms with Gasteiger partial charge in [0.05, 0.1) is 26.2 Å². The molecule has 4 nitrogen and oxygen atoms in total. The number of thiocarbonyl (C=S) groups is 1. The molecule has 0 spiro atoms. The summed E-state index contributed by atoms with van der Waals surface area (Å²) in [5.74, 6) is 1.51. The minimum absolute atomic E-state index is 0.0685. The molecule has 0 aliphatic heterocycles. The van der Waals surface area contributed by atoms with Gasteiger partial charge in [-0.15, -0.1) is 0 Å². The summed E-state index contributed by atoms with van der Waals surface area (Å²) in [7, 11) is 3.21. The van der Waals surface area contributed by atoms with E-state index in [4.69, 9.17) is 26.4 Å². The Morgan fingerprint density at radius 1 is 0.710 bits per heavy atom. The minimum Gasteiger partial charge on any atom is -0.497 e. The van der Waals surface area contributed by atoms with Crippen molar-refractivity contribution in [1.82, 2.24) is 0 Å². The first-order chi connectivity index (χ1) is 14.9. The number of benzene rings is 3. The lowest BCUT2D eigenvalue weighted by Crippen LogP contribution is -2.22. The minimum atomic E-state index is -0.607. The van der Waals surface area contributed by atoms with Gasteiger partial charge in [0.2, 0.25) is 0 Å². The molecule has 160 valence electrons. The summed E-state index contributed by atoms with van der Waals surface area (Å²) in [6.45, 7) is 3.95. The molecule has 0 saturated carbocycles. The quantitative estimate of drug-likeness (QED) is 0.311. The van der Waals surface area contributed by atoms with Crippen LogP contribution in [0.5, 0.6) is 17.2 Å². The Kier molecular flexibility index (Phi) is 7.42. The molecule has 0 saturated heterocycles. The van der Waals surface area contributed by atoms with E-state index < -0.39 is 5.92 Å². The van der Waals surface area contributed by atoms with E-state index in [1.165, 1.54) is 0 Å². The maximum Gasteiger partial charge on any atom is 0.175 e. The van der Waals surface area contributed by atoms with Gasteiger partial charge in [-0.25, -0.2) is 0 Å². The second-order valence-corrected chi connectivity index (χ2v) is 7.79. The fourth-order valence-electron chi connectivity index (χ4n) is 3.28. The molecule has 0 fully saturated rings. The van der Waals surface area contributed by atoms with Crippen molar-refractivity contribution in [2.24, 2.45) is 0 Å². The van der Waals surface area contributed by atoms with Crippen LogP contribution in [0, 0.1) is 0 Å². The van der Waals surface area contributed by atoms with Gasteiger partial charge in [0, 0.05) is 10.4 Å². The number of Topliss-reactive ketones (excluding diaryl/α,β-unsaturated/α-hetero) is 1. The average molecular weight is 435 g/mol. The van der Waals surface area contributed by atoms with Crippen molar-refractivity contribution < 1.29 is 19.0 Å². The maximum atomic E-state index is 13.6. The van der Waals surface area contributed by atoms with Crippen molar-refractivity contribution >= 4 is 22.9 Å². The fourth-order valence-corrected chi connectivity index (χ4v) is 3.66. The van der Waals surface area contributed by atoms with Crippen LogP contribution in [0.4, 0.5) is 0 Å². The molecule has 1 unspecified atom stereocenters. The number of carbonyl (C=O) groups excluding carboxylic acids is 1. The number of hydrogen-bond donors (Lipinski definition) is 0. The van der Waals surface area contributed by atoms with Gasteiger partial charge in [-0.1, -0.05) is 36.5 Å². The van der Waals surface area contributed by atoms with Gasteiger partial charge in [-0.2, -0.15) is 0 Å². The molecule has 0 radical (unpaired) electrons. The van der Waals surface area contributed by atoms with Gasteiger partial charge in [0.1, 0.15) is 17.2 Å². The molecular formula is C26H26O4S. The first kappa shape index (κ1) is 22.5. The van der Waals surface area contributed by atoms with Crippen LogP contribution in [0.1, 0.15) is 41.3 Å². The van der Waals surface area contributed by atoms with Gasteiger partial charge >= 0.3 is 0 Å². The SMILES string of the molecule is COc1ccc(C(=O)C(C(=S)c2ccc(OC)cc2)c2ccc(OC(C)C)cc2)cc1. The van der Waals surface area contributed by atoms with Crippen LogP contribution >= 0.6 is 12.2 Å². The number of methoxy groups -OCH3 is 2. The standard InChI is InChI=1S/C26H26O4S/c1-17(2)30-23-15-5-18(6-16-23)24(25(27)19-7-11-21(28-3)12-8-19)26(31)20-9-13-22(29-4)14-10-20/h5-17,24H,1-4H3. The molecule has 0 amide bonds. The summed E-state index contributed by atoms with van der Waals surface area (Å²) in [4.78, 5) is 14.1. The molecule has 5 heteroatoms. The normalized spacial score (nSPS) is 11.6. The van der Waals surface area contributed by atoms with E-state index in [0.717, 1.165) is 22.6 Å². The molecule has 3 aromatic carbocycles. The summed E-state index contributed by atoms with van der Waals surface area (Å²) in [5, 5.41) is 0. The summed E-state index contributed by atoms with van der Waals surface area (Å²) in [6, 6.07) is 22.1. The van der Waals surface area contributed by atoms with Crippen LogP contribution in [0.15, 0.2) is 72.8 Å². The Balaban J connectivity index is 1.99. The van der Waals surface area contributed by atoms with Crippen LogP contribution in [0.2, 0.25) is 0 Å². The molecule has 31 heavy (non-hydrogen) atoms. The average Bonchev–Trinajstić information content (AvgIpc) is 2.80. The van der Waals surface area contributed by atoms with Crippen LogP contribution in [-0.4, -0.2) is 31.0 Å². The van der Waals surface area contributed by atoms with Gasteiger partial charge in [0.25, 0.3) is 0 Å². The molecule has 0 bridgehead atoms. The highest BCUT2D eigenvalue weighted by molar-refractivity contribution is 7.81. The molecule has 3 aromatic rings. The van der Waals surface area contributed by atoms with Crippen LogP contribution in [0.3, 0.4) is 0 Å². The molecule has 0 N–H and O–H groups in total. The van der Waals surface area contributed by atoms with Crippen molar-refractivity contribution in [3.8, 4) is 17.2 Å². The lowest BCUT2D eigenvalue weighted by molar-refractivity contribution is 0.0983. The first-order valence-electron chi connectivity index (χ1n) is 10.1. The van der Waals surface area contributed by atoms with E-state index in [2.05, 4.69) is 0 Å². The second-order valence-electron chi connectivity index (χ2n) is 7.35. The predicted octanol–water partition coefficient (Wildman–Crippen LogP) is 5.88. The highest BCUT2D eigenvalue weighted by atomic mass is 32.1. The van der Waals surface area contributed by atoms with Gasteiger partial charge in [0.15, 0.2) is 5.78 Å². The third-order valence-electron chi connectivity index (χ3n) is 4.86. The molecule has 3 rings (SSSR count). The molecule has 0 aromatic heterocycles. The van der Waals surface area contributed by atoms with Crippen LogP contribution in [0.25, 0.3) is 0 Å². The van der Waals surface area contributed by atoms with Crippen molar-refractivity contribution in [1.29, 1.82) is 0 Å². The molecule has 0 heterocycles. The number of carbonyl (C=O) groups is 1. The van der Waals surface area contributed by atoms with Crippen molar-refractivity contribution in [2.75, 3.05) is 14.2 Å². The van der Waals surface area contributed by atoms with E-state index in [-0.39, 0.29) is 11.9 Å². The highest BCUT2D eigenvalue weighted by Crippen LogP contribution is 2.29. The summed E-state index contributed by atoms with van der Waals surface area (Å²) in [5.41, 5.74) is 2.20. The Hall–Kier alpha value is -3.18. The lowest BCUT2D eigenvalue weighted by Gasteiger charge is -2.19. The molecule has 1 atom stereocenters. The van der Waals surface area contributed by atoms with Crippen molar-refractivity contribution in [3.05, 3.63) is 89.5 Å². The number of ether oxygens (including phenoxy) is 3. The predicted molar refractivity (Wildman–Crippen MR) is 127 cm³/mol. The highest BCUT2D eigenvalue weighted by Gasteiger charge is 2.27.